The number of nitrogens with zero attached hydrogens (tertiary/aromatic N) is 2. The molecule has 0 saturated carbocycles. The Labute approximate surface area is 146 Å². The van der Waals surface area contributed by atoms with Crippen LogP contribution < -0.4 is 10.3 Å². The first-order chi connectivity index (χ1) is 11.2. The third kappa shape index (κ3) is 2.86. The second-order valence-electron chi connectivity index (χ2n) is 4.84. The average Bonchev–Trinajstić information content (AvgIpc) is 2.56. The maximum Gasteiger partial charge on any atom is 0.266 e. The quantitative estimate of drug-likeness (QED) is 0.621. The molecule has 3 aromatic rings. The predicted octanol–water partition coefficient (Wildman–Crippen LogP) is 4.29. The summed E-state index contributed by atoms with van der Waals surface area (Å²) in [6.07, 6.45) is 0. The normalized spacial score (nSPS) is 10.9. The zero-order chi connectivity index (χ0) is 16.4. The Morgan fingerprint density at radius 2 is 2.00 bits per heavy atom. The molecule has 0 radical (unpaired) electrons. The van der Waals surface area contributed by atoms with Crippen molar-refractivity contribution in [2.75, 3.05) is 6.61 Å². The van der Waals surface area contributed by atoms with Gasteiger partial charge in [0.05, 0.1) is 23.4 Å². The maximum absolute atomic E-state index is 13.0. The van der Waals surface area contributed by atoms with E-state index in [-0.39, 0.29) is 11.4 Å². The Morgan fingerprint density at radius 3 is 2.74 bits per heavy atom. The molecule has 0 spiro atoms. The van der Waals surface area contributed by atoms with Gasteiger partial charge in [-0.1, -0.05) is 18.2 Å². The molecule has 0 aliphatic rings. The van der Waals surface area contributed by atoms with Crippen molar-refractivity contribution in [1.29, 1.82) is 0 Å². The fourth-order valence-corrected chi connectivity index (χ4v) is 3.19. The molecule has 0 amide bonds. The van der Waals surface area contributed by atoms with Crippen LogP contribution in [0, 0.1) is 0 Å². The van der Waals surface area contributed by atoms with Crippen LogP contribution in [0.5, 0.6) is 5.75 Å². The van der Waals surface area contributed by atoms with Gasteiger partial charge in [0.2, 0.25) is 0 Å². The van der Waals surface area contributed by atoms with Gasteiger partial charge in [-0.2, -0.15) is 0 Å². The SMILES string of the molecule is CCOc1cccc(Br)c1-n1c(CCl)nc2ccccc2c1=O. The average molecular weight is 394 g/mol. The van der Waals surface area contributed by atoms with Crippen molar-refractivity contribution < 1.29 is 4.74 Å². The number of para-hydroxylation sites is 2. The Balaban J connectivity index is 2.41. The van der Waals surface area contributed by atoms with E-state index in [1.807, 2.05) is 37.3 Å². The first kappa shape index (κ1) is 16.0. The van der Waals surface area contributed by atoms with Gasteiger partial charge >= 0.3 is 0 Å². The molecule has 6 heteroatoms. The minimum Gasteiger partial charge on any atom is -0.492 e. The van der Waals surface area contributed by atoms with Gasteiger partial charge in [0.15, 0.2) is 0 Å². The highest BCUT2D eigenvalue weighted by molar-refractivity contribution is 9.10. The third-order valence-electron chi connectivity index (χ3n) is 3.44. The van der Waals surface area contributed by atoms with Crippen molar-refractivity contribution in [1.82, 2.24) is 9.55 Å². The van der Waals surface area contributed by atoms with Crippen molar-refractivity contribution in [2.45, 2.75) is 12.8 Å². The van der Waals surface area contributed by atoms with E-state index >= 15 is 0 Å². The molecule has 0 unspecified atom stereocenters. The van der Waals surface area contributed by atoms with Crippen molar-refractivity contribution >= 4 is 38.4 Å². The van der Waals surface area contributed by atoms with Gasteiger partial charge in [-0.25, -0.2) is 4.98 Å². The number of hydrogen-bond donors (Lipinski definition) is 0. The van der Waals surface area contributed by atoms with E-state index in [2.05, 4.69) is 20.9 Å². The molecule has 0 saturated heterocycles. The van der Waals surface area contributed by atoms with Crippen LogP contribution >= 0.6 is 27.5 Å². The summed E-state index contributed by atoms with van der Waals surface area (Å²) in [4.78, 5) is 17.5. The van der Waals surface area contributed by atoms with Gasteiger partial charge in [-0.15, -0.1) is 11.6 Å². The van der Waals surface area contributed by atoms with Crippen molar-refractivity contribution in [3.63, 3.8) is 0 Å². The fourth-order valence-electron chi connectivity index (χ4n) is 2.48. The zero-order valence-electron chi connectivity index (χ0n) is 12.4. The summed E-state index contributed by atoms with van der Waals surface area (Å²) in [6, 6.07) is 12.8. The lowest BCUT2D eigenvalue weighted by Crippen LogP contribution is -2.24. The summed E-state index contributed by atoms with van der Waals surface area (Å²) in [5, 5.41) is 0.541. The first-order valence-electron chi connectivity index (χ1n) is 7.15. The van der Waals surface area contributed by atoms with Crippen LogP contribution in [-0.4, -0.2) is 16.2 Å². The Hall–Kier alpha value is -1.85. The molecule has 118 valence electrons. The monoisotopic (exact) mass is 392 g/mol. The van der Waals surface area contributed by atoms with Crippen LogP contribution in [0.3, 0.4) is 0 Å². The van der Waals surface area contributed by atoms with Crippen LogP contribution in [-0.2, 0) is 5.88 Å². The molecule has 4 nitrogen and oxygen atoms in total. The summed E-state index contributed by atoms with van der Waals surface area (Å²) in [6.45, 7) is 2.39. The Kier molecular flexibility index (Phi) is 4.68. The van der Waals surface area contributed by atoms with E-state index in [1.54, 1.807) is 12.1 Å². The van der Waals surface area contributed by atoms with E-state index in [9.17, 15) is 4.79 Å². The molecule has 0 N–H and O–H groups in total. The summed E-state index contributed by atoms with van der Waals surface area (Å²) < 4.78 is 7.94. The van der Waals surface area contributed by atoms with E-state index in [1.165, 1.54) is 4.57 Å². The lowest BCUT2D eigenvalue weighted by molar-refractivity contribution is 0.338. The maximum atomic E-state index is 13.0. The molecule has 0 fully saturated rings. The van der Waals surface area contributed by atoms with Gasteiger partial charge in [-0.05, 0) is 47.1 Å². The van der Waals surface area contributed by atoms with Crippen molar-refractivity contribution in [2.24, 2.45) is 0 Å². The van der Waals surface area contributed by atoms with Gasteiger partial charge in [0.25, 0.3) is 5.56 Å². The van der Waals surface area contributed by atoms with Crippen LogP contribution in [0.2, 0.25) is 0 Å². The molecule has 1 heterocycles. The summed E-state index contributed by atoms with van der Waals surface area (Å²) in [7, 11) is 0. The highest BCUT2D eigenvalue weighted by Crippen LogP contribution is 2.31. The van der Waals surface area contributed by atoms with Gasteiger partial charge in [-0.3, -0.25) is 9.36 Å². The highest BCUT2D eigenvalue weighted by Gasteiger charge is 2.18. The number of rotatable bonds is 4. The number of alkyl halides is 1. The van der Waals surface area contributed by atoms with Gasteiger partial charge in [0.1, 0.15) is 17.3 Å². The molecule has 0 aliphatic heterocycles. The fraction of sp³-hybridized carbons (Fsp3) is 0.176. The second kappa shape index (κ2) is 6.72. The number of ether oxygens (including phenoxy) is 1. The third-order valence-corrected chi connectivity index (χ3v) is 4.32. The van der Waals surface area contributed by atoms with Gasteiger partial charge in [0, 0.05) is 4.47 Å². The van der Waals surface area contributed by atoms with E-state index in [0.29, 0.717) is 34.8 Å². The largest absolute Gasteiger partial charge is 0.492 e. The smallest absolute Gasteiger partial charge is 0.266 e. The molecule has 2 aromatic carbocycles. The molecular formula is C17H14BrClN2O2. The number of fused-ring (bicyclic) bond motifs is 1. The van der Waals surface area contributed by atoms with Crippen LogP contribution in [0.15, 0.2) is 51.7 Å². The van der Waals surface area contributed by atoms with Crippen LogP contribution in [0.1, 0.15) is 12.7 Å². The molecular weight excluding hydrogens is 380 g/mol. The molecule has 23 heavy (non-hydrogen) atoms. The summed E-state index contributed by atoms with van der Waals surface area (Å²) in [5.41, 5.74) is 1.08. The minimum atomic E-state index is -0.167. The minimum absolute atomic E-state index is 0.118. The topological polar surface area (TPSA) is 44.1 Å². The lowest BCUT2D eigenvalue weighted by atomic mass is 10.2. The standard InChI is InChI=1S/C17H14BrClN2O2/c1-2-23-14-9-5-7-12(18)16(14)21-15(10-19)20-13-8-4-3-6-11(13)17(21)22/h3-9H,2,10H2,1H3. The number of aromatic nitrogens is 2. The van der Waals surface area contributed by atoms with Crippen LogP contribution in [0.4, 0.5) is 0 Å². The lowest BCUT2D eigenvalue weighted by Gasteiger charge is -2.17. The Bertz CT molecular complexity index is 924. The molecule has 0 aliphatic carbocycles. The van der Waals surface area contributed by atoms with Gasteiger partial charge < -0.3 is 4.74 Å². The molecule has 0 atom stereocenters. The number of hydrogen-bond acceptors (Lipinski definition) is 3. The van der Waals surface area contributed by atoms with E-state index < -0.39 is 0 Å². The van der Waals surface area contributed by atoms with Crippen molar-refractivity contribution in [3.05, 3.63) is 63.1 Å². The first-order valence-corrected chi connectivity index (χ1v) is 8.48. The number of halogens is 2. The summed E-state index contributed by atoms with van der Waals surface area (Å²) >= 11 is 9.56. The predicted molar refractivity (Wildman–Crippen MR) is 95.8 cm³/mol. The van der Waals surface area contributed by atoms with Crippen molar-refractivity contribution in [3.8, 4) is 11.4 Å². The van der Waals surface area contributed by atoms with E-state index in [0.717, 1.165) is 4.47 Å². The highest BCUT2D eigenvalue weighted by atomic mass is 79.9. The number of benzene rings is 2. The molecule has 0 bridgehead atoms. The molecule has 1 aromatic heterocycles. The zero-order valence-corrected chi connectivity index (χ0v) is 14.8. The Morgan fingerprint density at radius 1 is 1.22 bits per heavy atom. The second-order valence-corrected chi connectivity index (χ2v) is 5.96. The van der Waals surface area contributed by atoms with E-state index in [4.69, 9.17) is 16.3 Å². The van der Waals surface area contributed by atoms with Crippen LogP contribution in [0.25, 0.3) is 16.6 Å². The molecule has 3 rings (SSSR count). The summed E-state index contributed by atoms with van der Waals surface area (Å²) in [5.74, 6) is 1.20.